The van der Waals surface area contributed by atoms with Crippen LogP contribution in [0.3, 0.4) is 0 Å². The van der Waals surface area contributed by atoms with E-state index in [0.717, 1.165) is 38.5 Å². The summed E-state index contributed by atoms with van der Waals surface area (Å²) in [6, 6.07) is 21.1. The van der Waals surface area contributed by atoms with Gasteiger partial charge in [0.1, 0.15) is 0 Å². The van der Waals surface area contributed by atoms with Crippen molar-refractivity contribution in [2.75, 3.05) is 0 Å². The van der Waals surface area contributed by atoms with E-state index in [1.807, 2.05) is 0 Å². The molecule has 1 saturated carbocycles. The van der Waals surface area contributed by atoms with Gasteiger partial charge in [-0.15, -0.1) is 0 Å². The largest absolute Gasteiger partial charge is 0.325 e. The fourth-order valence-electron chi connectivity index (χ4n) is 3.60. The van der Waals surface area contributed by atoms with Crippen molar-refractivity contribution in [1.82, 2.24) is 0 Å². The maximum absolute atomic E-state index is 6.65. The lowest BCUT2D eigenvalue weighted by Gasteiger charge is -2.43. The fourth-order valence-corrected chi connectivity index (χ4v) is 3.60. The van der Waals surface area contributed by atoms with Gasteiger partial charge in [0.25, 0.3) is 0 Å². The SMILES string of the molecule is NC1(Cc2ccccc2)CCC(N)(Cc2ccccc2)CC1. The van der Waals surface area contributed by atoms with Gasteiger partial charge < -0.3 is 11.5 Å². The molecule has 0 aromatic heterocycles. The lowest BCUT2D eigenvalue weighted by Crippen LogP contribution is -2.54. The van der Waals surface area contributed by atoms with Gasteiger partial charge in [-0.05, 0) is 49.7 Å². The summed E-state index contributed by atoms with van der Waals surface area (Å²) in [5, 5.41) is 0. The third-order valence-electron chi connectivity index (χ3n) is 5.04. The molecule has 1 aliphatic rings. The van der Waals surface area contributed by atoms with Crippen LogP contribution in [0.2, 0.25) is 0 Å². The third-order valence-corrected chi connectivity index (χ3v) is 5.04. The summed E-state index contributed by atoms with van der Waals surface area (Å²) in [7, 11) is 0. The van der Waals surface area contributed by atoms with Gasteiger partial charge in [0.05, 0.1) is 0 Å². The van der Waals surface area contributed by atoms with Gasteiger partial charge in [-0.2, -0.15) is 0 Å². The van der Waals surface area contributed by atoms with Crippen molar-refractivity contribution in [3.05, 3.63) is 71.8 Å². The van der Waals surface area contributed by atoms with Crippen LogP contribution in [-0.4, -0.2) is 11.1 Å². The molecule has 0 saturated heterocycles. The summed E-state index contributed by atoms with van der Waals surface area (Å²) < 4.78 is 0. The van der Waals surface area contributed by atoms with Gasteiger partial charge in [0.2, 0.25) is 0 Å². The Balaban J connectivity index is 1.61. The van der Waals surface area contributed by atoms with Crippen molar-refractivity contribution >= 4 is 0 Å². The van der Waals surface area contributed by atoms with Crippen LogP contribution in [0, 0.1) is 0 Å². The molecule has 2 aromatic carbocycles. The molecule has 2 aromatic rings. The second kappa shape index (κ2) is 6.23. The summed E-state index contributed by atoms with van der Waals surface area (Å²) in [6.07, 6.45) is 5.93. The second-order valence-corrected chi connectivity index (χ2v) is 7.05. The maximum atomic E-state index is 6.65. The first-order valence-electron chi connectivity index (χ1n) is 8.23. The van der Waals surface area contributed by atoms with Crippen LogP contribution in [0.5, 0.6) is 0 Å². The molecule has 116 valence electrons. The number of benzene rings is 2. The van der Waals surface area contributed by atoms with E-state index in [1.54, 1.807) is 0 Å². The van der Waals surface area contributed by atoms with E-state index in [-0.39, 0.29) is 11.1 Å². The van der Waals surface area contributed by atoms with E-state index in [4.69, 9.17) is 11.5 Å². The number of nitrogens with two attached hydrogens (primary N) is 2. The standard InChI is InChI=1S/C20H26N2/c21-19(15-17-7-3-1-4-8-17)11-13-20(22,14-12-19)16-18-9-5-2-6-10-18/h1-10H,11-16,21-22H2. The van der Waals surface area contributed by atoms with Gasteiger partial charge >= 0.3 is 0 Å². The minimum Gasteiger partial charge on any atom is -0.325 e. The molecular weight excluding hydrogens is 268 g/mol. The van der Waals surface area contributed by atoms with Crippen molar-refractivity contribution in [3.8, 4) is 0 Å². The van der Waals surface area contributed by atoms with Crippen molar-refractivity contribution in [3.63, 3.8) is 0 Å². The Bertz CT molecular complexity index is 528. The number of hydrogen-bond donors (Lipinski definition) is 2. The van der Waals surface area contributed by atoms with E-state index in [2.05, 4.69) is 60.7 Å². The summed E-state index contributed by atoms with van der Waals surface area (Å²) in [6.45, 7) is 0. The monoisotopic (exact) mass is 294 g/mol. The summed E-state index contributed by atoms with van der Waals surface area (Å²) in [5.41, 5.74) is 15.8. The van der Waals surface area contributed by atoms with Crippen LogP contribution in [-0.2, 0) is 12.8 Å². The maximum Gasteiger partial charge on any atom is 0.0196 e. The number of hydrogen-bond acceptors (Lipinski definition) is 2. The van der Waals surface area contributed by atoms with Crippen molar-refractivity contribution in [2.45, 2.75) is 49.6 Å². The van der Waals surface area contributed by atoms with Gasteiger partial charge in [-0.3, -0.25) is 0 Å². The smallest absolute Gasteiger partial charge is 0.0196 e. The molecule has 2 heteroatoms. The van der Waals surface area contributed by atoms with Crippen LogP contribution in [0.1, 0.15) is 36.8 Å². The Kier molecular flexibility index (Phi) is 4.32. The highest BCUT2D eigenvalue weighted by Crippen LogP contribution is 2.35. The van der Waals surface area contributed by atoms with Gasteiger partial charge in [0.15, 0.2) is 0 Å². The highest BCUT2D eigenvalue weighted by atomic mass is 14.8. The lowest BCUT2D eigenvalue weighted by atomic mass is 9.69. The van der Waals surface area contributed by atoms with Crippen LogP contribution < -0.4 is 11.5 Å². The quantitative estimate of drug-likeness (QED) is 0.907. The topological polar surface area (TPSA) is 52.0 Å². The van der Waals surface area contributed by atoms with Crippen molar-refractivity contribution in [1.29, 1.82) is 0 Å². The predicted octanol–water partition coefficient (Wildman–Crippen LogP) is 3.44. The number of rotatable bonds is 4. The van der Waals surface area contributed by atoms with Crippen LogP contribution >= 0.6 is 0 Å². The van der Waals surface area contributed by atoms with E-state index in [1.165, 1.54) is 11.1 Å². The molecule has 4 N–H and O–H groups in total. The zero-order chi connectivity index (χ0) is 15.5. The molecule has 0 radical (unpaired) electrons. The van der Waals surface area contributed by atoms with Gasteiger partial charge in [0, 0.05) is 11.1 Å². The molecule has 1 fully saturated rings. The molecule has 0 heterocycles. The molecule has 3 rings (SSSR count). The Hall–Kier alpha value is -1.64. The molecule has 0 amide bonds. The van der Waals surface area contributed by atoms with Gasteiger partial charge in [-0.1, -0.05) is 60.7 Å². The zero-order valence-electron chi connectivity index (χ0n) is 13.2. The first-order chi connectivity index (χ1) is 10.6. The fraction of sp³-hybridized carbons (Fsp3) is 0.400. The van der Waals surface area contributed by atoms with E-state index in [0.29, 0.717) is 0 Å². The van der Waals surface area contributed by atoms with Crippen molar-refractivity contribution < 1.29 is 0 Å². The minimum absolute atomic E-state index is 0.0963. The second-order valence-electron chi connectivity index (χ2n) is 7.05. The zero-order valence-corrected chi connectivity index (χ0v) is 13.2. The van der Waals surface area contributed by atoms with Crippen LogP contribution in [0.25, 0.3) is 0 Å². The summed E-state index contributed by atoms with van der Waals surface area (Å²) >= 11 is 0. The Morgan fingerprint density at radius 2 is 0.909 bits per heavy atom. The molecule has 0 aliphatic heterocycles. The van der Waals surface area contributed by atoms with Gasteiger partial charge in [-0.25, -0.2) is 0 Å². The molecule has 0 spiro atoms. The van der Waals surface area contributed by atoms with E-state index in [9.17, 15) is 0 Å². The van der Waals surface area contributed by atoms with Crippen LogP contribution in [0.4, 0.5) is 0 Å². The van der Waals surface area contributed by atoms with E-state index >= 15 is 0 Å². The normalized spacial score (nSPS) is 28.5. The first kappa shape index (κ1) is 15.3. The molecule has 0 atom stereocenters. The molecule has 2 nitrogen and oxygen atoms in total. The molecule has 0 unspecified atom stereocenters. The first-order valence-corrected chi connectivity index (χ1v) is 8.23. The summed E-state index contributed by atoms with van der Waals surface area (Å²) in [4.78, 5) is 0. The Morgan fingerprint density at radius 3 is 1.23 bits per heavy atom. The highest BCUT2D eigenvalue weighted by molar-refractivity contribution is 5.21. The average Bonchev–Trinajstić information content (AvgIpc) is 2.53. The Labute approximate surface area is 133 Å². The third kappa shape index (κ3) is 3.76. The molecule has 0 bridgehead atoms. The minimum atomic E-state index is -0.0963. The molecular formula is C20H26N2. The molecule has 1 aliphatic carbocycles. The lowest BCUT2D eigenvalue weighted by molar-refractivity contribution is 0.200. The van der Waals surface area contributed by atoms with Crippen molar-refractivity contribution in [2.24, 2.45) is 11.5 Å². The van der Waals surface area contributed by atoms with E-state index < -0.39 is 0 Å². The highest BCUT2D eigenvalue weighted by Gasteiger charge is 2.38. The average molecular weight is 294 g/mol. The van der Waals surface area contributed by atoms with Crippen LogP contribution in [0.15, 0.2) is 60.7 Å². The Morgan fingerprint density at radius 1 is 0.591 bits per heavy atom. The predicted molar refractivity (Wildman–Crippen MR) is 92.6 cm³/mol. The molecule has 22 heavy (non-hydrogen) atoms. The summed E-state index contributed by atoms with van der Waals surface area (Å²) in [5.74, 6) is 0.